The number of methoxy groups -OCH3 is 1. The molecule has 3 heteroatoms. The lowest BCUT2D eigenvalue weighted by molar-refractivity contribution is 0.416. The van der Waals surface area contributed by atoms with Crippen molar-refractivity contribution in [2.45, 2.75) is 20.8 Å². The van der Waals surface area contributed by atoms with Gasteiger partial charge in [0.15, 0.2) is 5.75 Å². The Labute approximate surface area is 103 Å². The summed E-state index contributed by atoms with van der Waals surface area (Å²) in [7, 11) is 1.55. The summed E-state index contributed by atoms with van der Waals surface area (Å²) in [4.78, 5) is 3.90. The molecular weight excluding hydrogens is 222 g/mol. The minimum atomic E-state index is 0.528. The second-order valence-electron chi connectivity index (χ2n) is 2.92. The van der Waals surface area contributed by atoms with Gasteiger partial charge in [0.1, 0.15) is 5.69 Å². The Morgan fingerprint density at radius 2 is 1.94 bits per heavy atom. The molecule has 1 aromatic rings. The van der Waals surface area contributed by atoms with Gasteiger partial charge in [0.25, 0.3) is 0 Å². The zero-order chi connectivity index (χ0) is 12.7. The first-order chi connectivity index (χ1) is 7.61. The van der Waals surface area contributed by atoms with Crippen LogP contribution in [-0.4, -0.2) is 13.8 Å². The zero-order valence-electron chi connectivity index (χ0n) is 10.3. The van der Waals surface area contributed by atoms with Gasteiger partial charge in [0, 0.05) is 5.56 Å². The maximum absolute atomic E-state index is 5.94. The number of hydrogen-bond acceptors (Lipinski definition) is 2. The minimum absolute atomic E-state index is 0.528. The van der Waals surface area contributed by atoms with Crippen molar-refractivity contribution in [3.05, 3.63) is 29.3 Å². The first-order valence-electron chi connectivity index (χ1n) is 5.11. The zero-order valence-corrected chi connectivity index (χ0v) is 11.1. The van der Waals surface area contributed by atoms with E-state index in [1.807, 2.05) is 26.8 Å². The van der Waals surface area contributed by atoms with Crippen LogP contribution in [0.2, 0.25) is 5.02 Å². The highest BCUT2D eigenvalue weighted by atomic mass is 35.5. The van der Waals surface area contributed by atoms with Crippen molar-refractivity contribution in [2.24, 2.45) is 4.99 Å². The maximum atomic E-state index is 5.94. The summed E-state index contributed by atoms with van der Waals surface area (Å²) in [5.41, 5.74) is 2.45. The van der Waals surface area contributed by atoms with E-state index in [-0.39, 0.29) is 0 Å². The Morgan fingerprint density at radius 1 is 1.38 bits per heavy atom. The molecule has 0 saturated heterocycles. The molecule has 0 atom stereocenters. The molecular formula is C13H18ClNO. The fourth-order valence-electron chi connectivity index (χ4n) is 1.24. The van der Waals surface area contributed by atoms with Crippen molar-refractivity contribution in [1.82, 2.24) is 0 Å². The summed E-state index contributed by atoms with van der Waals surface area (Å²) in [5.74, 6) is 0.544. The van der Waals surface area contributed by atoms with Gasteiger partial charge in [0.05, 0.1) is 12.1 Å². The highest BCUT2D eigenvalue weighted by Crippen LogP contribution is 2.39. The largest absolute Gasteiger partial charge is 0.493 e. The quantitative estimate of drug-likeness (QED) is 0.698. The van der Waals surface area contributed by atoms with Crippen LogP contribution >= 0.6 is 11.6 Å². The molecule has 0 heterocycles. The number of halogens is 1. The van der Waals surface area contributed by atoms with Crippen molar-refractivity contribution in [3.8, 4) is 5.75 Å². The summed E-state index contributed by atoms with van der Waals surface area (Å²) in [6.07, 6.45) is 0. The Morgan fingerprint density at radius 3 is 2.31 bits per heavy atom. The average Bonchev–Trinajstić information content (AvgIpc) is 2.30. The van der Waals surface area contributed by atoms with Crippen molar-refractivity contribution in [3.63, 3.8) is 0 Å². The summed E-state index contributed by atoms with van der Waals surface area (Å²) in [6.45, 7) is 13.2. The highest BCUT2D eigenvalue weighted by Gasteiger charge is 2.11. The van der Waals surface area contributed by atoms with Crippen LogP contribution in [0.3, 0.4) is 0 Å². The standard InChI is InChI=1S/C11H12ClNO.C2H6/c1-7(2)8-5-6-9(12)11(14-4)10(8)13-3;1-2/h5-6H,1,3H2,2,4H3;1-2H3. The molecule has 0 aliphatic heterocycles. The van der Waals surface area contributed by atoms with E-state index in [0.29, 0.717) is 16.5 Å². The number of rotatable bonds is 3. The molecule has 0 spiro atoms. The van der Waals surface area contributed by atoms with E-state index in [0.717, 1.165) is 11.1 Å². The van der Waals surface area contributed by atoms with Crippen LogP contribution in [0.25, 0.3) is 5.57 Å². The summed E-state index contributed by atoms with van der Waals surface area (Å²) in [6, 6.07) is 3.62. The van der Waals surface area contributed by atoms with Gasteiger partial charge in [-0.2, -0.15) is 0 Å². The molecule has 0 amide bonds. The monoisotopic (exact) mass is 239 g/mol. The molecule has 1 aromatic carbocycles. The van der Waals surface area contributed by atoms with E-state index >= 15 is 0 Å². The highest BCUT2D eigenvalue weighted by molar-refractivity contribution is 6.32. The van der Waals surface area contributed by atoms with Crippen LogP contribution < -0.4 is 4.74 Å². The Bertz CT molecular complexity index is 386. The van der Waals surface area contributed by atoms with E-state index in [1.54, 1.807) is 13.2 Å². The predicted molar refractivity (Wildman–Crippen MR) is 73.3 cm³/mol. The molecule has 88 valence electrons. The smallest absolute Gasteiger partial charge is 0.163 e. The molecule has 0 aliphatic carbocycles. The third kappa shape index (κ3) is 3.11. The molecule has 2 nitrogen and oxygen atoms in total. The van der Waals surface area contributed by atoms with Gasteiger partial charge in [0.2, 0.25) is 0 Å². The third-order valence-electron chi connectivity index (χ3n) is 1.91. The van der Waals surface area contributed by atoms with Crippen molar-refractivity contribution in [2.75, 3.05) is 7.11 Å². The molecule has 0 radical (unpaired) electrons. The summed E-state index contributed by atoms with van der Waals surface area (Å²) >= 11 is 5.94. The average molecular weight is 240 g/mol. The van der Waals surface area contributed by atoms with Gasteiger partial charge in [-0.1, -0.05) is 38.1 Å². The van der Waals surface area contributed by atoms with Crippen LogP contribution in [0.15, 0.2) is 23.7 Å². The minimum Gasteiger partial charge on any atom is -0.493 e. The number of aliphatic imine (C=N–C) groups is 1. The number of allylic oxidation sites excluding steroid dienone is 1. The van der Waals surface area contributed by atoms with Crippen LogP contribution in [0.4, 0.5) is 5.69 Å². The molecule has 0 bridgehead atoms. The number of ether oxygens (including phenoxy) is 1. The number of nitrogens with zero attached hydrogens (tertiary/aromatic N) is 1. The Hall–Kier alpha value is -1.28. The molecule has 0 unspecified atom stereocenters. The van der Waals surface area contributed by atoms with E-state index in [9.17, 15) is 0 Å². The van der Waals surface area contributed by atoms with E-state index < -0.39 is 0 Å². The van der Waals surface area contributed by atoms with Gasteiger partial charge in [-0.3, -0.25) is 4.99 Å². The third-order valence-corrected chi connectivity index (χ3v) is 2.20. The maximum Gasteiger partial charge on any atom is 0.163 e. The topological polar surface area (TPSA) is 21.6 Å². The van der Waals surface area contributed by atoms with E-state index in [2.05, 4.69) is 18.3 Å². The van der Waals surface area contributed by atoms with E-state index in [4.69, 9.17) is 16.3 Å². The molecule has 16 heavy (non-hydrogen) atoms. The SMILES string of the molecule is C=Nc1c(C(=C)C)ccc(Cl)c1OC.CC. The Kier molecular flexibility index (Phi) is 6.50. The first-order valence-corrected chi connectivity index (χ1v) is 5.48. The van der Waals surface area contributed by atoms with Gasteiger partial charge >= 0.3 is 0 Å². The lowest BCUT2D eigenvalue weighted by atomic mass is 10.1. The molecule has 1 rings (SSSR count). The van der Waals surface area contributed by atoms with Crippen LogP contribution in [0.1, 0.15) is 26.3 Å². The van der Waals surface area contributed by atoms with Crippen molar-refractivity contribution in [1.29, 1.82) is 0 Å². The van der Waals surface area contributed by atoms with Gasteiger partial charge in [-0.15, -0.1) is 0 Å². The van der Waals surface area contributed by atoms with Gasteiger partial charge in [-0.05, 0) is 25.3 Å². The van der Waals surface area contributed by atoms with E-state index in [1.165, 1.54) is 0 Å². The van der Waals surface area contributed by atoms with Crippen molar-refractivity contribution < 1.29 is 4.74 Å². The summed E-state index contributed by atoms with van der Waals surface area (Å²) in [5, 5.41) is 0.528. The predicted octanol–water partition coefficient (Wildman–Crippen LogP) is 4.74. The lowest BCUT2D eigenvalue weighted by Crippen LogP contribution is -1.88. The molecule has 0 N–H and O–H groups in total. The molecule has 0 aromatic heterocycles. The van der Waals surface area contributed by atoms with Gasteiger partial charge < -0.3 is 4.74 Å². The summed E-state index contributed by atoms with van der Waals surface area (Å²) < 4.78 is 5.15. The van der Waals surface area contributed by atoms with Crippen LogP contribution in [-0.2, 0) is 0 Å². The molecule has 0 saturated carbocycles. The van der Waals surface area contributed by atoms with Crippen LogP contribution in [0, 0.1) is 0 Å². The normalized spacial score (nSPS) is 8.81. The molecule has 0 aliphatic rings. The fraction of sp³-hybridized carbons (Fsp3) is 0.308. The van der Waals surface area contributed by atoms with Gasteiger partial charge in [-0.25, -0.2) is 0 Å². The molecule has 0 fully saturated rings. The number of benzene rings is 1. The second kappa shape index (κ2) is 7.07. The fourth-order valence-corrected chi connectivity index (χ4v) is 1.47. The second-order valence-corrected chi connectivity index (χ2v) is 3.32. The number of hydrogen-bond donors (Lipinski definition) is 0. The van der Waals surface area contributed by atoms with Crippen LogP contribution in [0.5, 0.6) is 5.75 Å². The Balaban J connectivity index is 0.00000106. The van der Waals surface area contributed by atoms with Crippen molar-refractivity contribution >= 4 is 29.6 Å². The first kappa shape index (κ1) is 14.7. The lowest BCUT2D eigenvalue weighted by Gasteiger charge is -2.11.